The number of rotatable bonds is 9. The first-order valence-corrected chi connectivity index (χ1v) is 17.6. The SMILES string of the molecule is Cc1cc2c(cc1N=C1C(C(C)(C)C)=Nn3nc(C(C)CNS(C)(=O)=O)nc31)C(C)CC(C)(C)N2CCCS(=O)(=O)[O-]. The highest BCUT2D eigenvalue weighted by Crippen LogP contribution is 2.46. The lowest BCUT2D eigenvalue weighted by Crippen LogP contribution is -2.49. The van der Waals surface area contributed by atoms with E-state index >= 15 is 0 Å². The van der Waals surface area contributed by atoms with Crippen LogP contribution in [0.3, 0.4) is 0 Å². The summed E-state index contributed by atoms with van der Waals surface area (Å²) >= 11 is 0. The number of aliphatic imine (C=N–C) groups is 1. The number of fused-ring (bicyclic) bond motifs is 2. The Labute approximate surface area is 249 Å². The van der Waals surface area contributed by atoms with Crippen LogP contribution in [-0.4, -0.2) is 78.3 Å². The van der Waals surface area contributed by atoms with Crippen molar-refractivity contribution in [2.75, 3.05) is 30.0 Å². The molecule has 2 aromatic rings. The number of anilines is 1. The van der Waals surface area contributed by atoms with Crippen LogP contribution in [0.15, 0.2) is 22.2 Å². The molecule has 0 saturated carbocycles. The molecule has 2 atom stereocenters. The first kappa shape index (κ1) is 32.2. The van der Waals surface area contributed by atoms with Gasteiger partial charge in [0.25, 0.3) is 0 Å². The van der Waals surface area contributed by atoms with E-state index in [2.05, 4.69) is 68.4 Å². The standard InChI is InChI=1S/C28H43N7O5S2/c1-17-13-22-20(18(2)15-28(7,8)34(22)11-10-12-42(38,39)40)14-21(17)30-23-24(27(4,5)6)32-35-26(23)31-25(33-35)19(3)16-29-41(9,36)37/h13-14,18-19,29H,10-12,15-16H2,1-9H3,(H,38,39,40)/p-1. The maximum atomic E-state index is 11.6. The second-order valence-electron chi connectivity index (χ2n) is 13.2. The zero-order valence-electron chi connectivity index (χ0n) is 25.9. The van der Waals surface area contributed by atoms with Gasteiger partial charge in [0.15, 0.2) is 5.82 Å². The van der Waals surface area contributed by atoms with E-state index in [-0.39, 0.29) is 35.8 Å². The lowest BCUT2D eigenvalue weighted by atomic mass is 9.79. The molecule has 14 heteroatoms. The van der Waals surface area contributed by atoms with Gasteiger partial charge in [0.05, 0.1) is 27.8 Å². The molecule has 2 aliphatic rings. The third kappa shape index (κ3) is 7.09. The van der Waals surface area contributed by atoms with Crippen molar-refractivity contribution in [3.63, 3.8) is 0 Å². The molecule has 1 N–H and O–H groups in total. The lowest BCUT2D eigenvalue weighted by molar-refractivity contribution is 0.375. The molecule has 4 rings (SSSR count). The monoisotopic (exact) mass is 620 g/mol. The van der Waals surface area contributed by atoms with Crippen LogP contribution < -0.4 is 9.62 Å². The minimum absolute atomic E-state index is 0.167. The molecule has 0 spiro atoms. The number of hydrogen-bond donors (Lipinski definition) is 1. The Morgan fingerprint density at radius 1 is 1.21 bits per heavy atom. The van der Waals surface area contributed by atoms with E-state index < -0.39 is 25.9 Å². The van der Waals surface area contributed by atoms with Crippen molar-refractivity contribution in [3.8, 4) is 0 Å². The van der Waals surface area contributed by atoms with Crippen LogP contribution in [-0.2, 0) is 20.1 Å². The molecule has 3 heterocycles. The Kier molecular flexibility index (Phi) is 8.53. The van der Waals surface area contributed by atoms with Crippen molar-refractivity contribution < 1.29 is 21.4 Å². The van der Waals surface area contributed by atoms with Crippen LogP contribution in [0, 0.1) is 12.3 Å². The summed E-state index contributed by atoms with van der Waals surface area (Å²) in [5.41, 5.74) is 4.65. The highest BCUT2D eigenvalue weighted by molar-refractivity contribution is 7.88. The lowest BCUT2D eigenvalue weighted by Gasteiger charge is -2.48. The highest BCUT2D eigenvalue weighted by Gasteiger charge is 2.38. The van der Waals surface area contributed by atoms with Gasteiger partial charge >= 0.3 is 0 Å². The number of nitrogens with zero attached hydrogens (tertiary/aromatic N) is 6. The molecular weight excluding hydrogens is 578 g/mol. The Hall–Kier alpha value is -2.68. The summed E-state index contributed by atoms with van der Waals surface area (Å²) < 4.78 is 59.4. The third-order valence-electron chi connectivity index (χ3n) is 7.75. The van der Waals surface area contributed by atoms with Gasteiger partial charge in [-0.05, 0) is 62.8 Å². The van der Waals surface area contributed by atoms with Gasteiger partial charge in [0.1, 0.15) is 5.71 Å². The molecular formula is C28H42N7O5S2-. The fourth-order valence-corrected chi connectivity index (χ4v) is 6.69. The van der Waals surface area contributed by atoms with Gasteiger partial charge in [-0.1, -0.05) is 34.6 Å². The molecule has 1 aromatic carbocycles. The Morgan fingerprint density at radius 2 is 1.88 bits per heavy atom. The maximum absolute atomic E-state index is 11.6. The van der Waals surface area contributed by atoms with E-state index in [1.807, 2.05) is 13.8 Å². The number of aryl methyl sites for hydroxylation is 1. The summed E-state index contributed by atoms with van der Waals surface area (Å²) in [6, 6.07) is 4.18. The van der Waals surface area contributed by atoms with Crippen molar-refractivity contribution in [2.24, 2.45) is 15.5 Å². The van der Waals surface area contributed by atoms with Crippen molar-refractivity contribution >= 4 is 42.9 Å². The Bertz CT molecular complexity index is 1650. The van der Waals surface area contributed by atoms with Crippen LogP contribution in [0.2, 0.25) is 0 Å². The molecule has 2 aliphatic heterocycles. The first-order chi connectivity index (χ1) is 19.2. The molecule has 2 unspecified atom stereocenters. The van der Waals surface area contributed by atoms with Gasteiger partial charge < -0.3 is 9.45 Å². The molecule has 0 bridgehead atoms. The molecule has 232 valence electrons. The first-order valence-electron chi connectivity index (χ1n) is 14.1. The smallest absolute Gasteiger partial charge is 0.208 e. The van der Waals surface area contributed by atoms with E-state index in [9.17, 15) is 21.4 Å². The van der Waals surface area contributed by atoms with Gasteiger partial charge in [-0.2, -0.15) is 5.10 Å². The summed E-state index contributed by atoms with van der Waals surface area (Å²) in [6.45, 7) is 17.1. The summed E-state index contributed by atoms with van der Waals surface area (Å²) in [6.07, 6.45) is 2.23. The van der Waals surface area contributed by atoms with Gasteiger partial charge in [-0.15, -0.1) is 9.89 Å². The number of benzene rings is 1. The number of hydrogen-bond acceptors (Lipinski definition) is 10. The van der Waals surface area contributed by atoms with E-state index in [1.165, 1.54) is 4.79 Å². The van der Waals surface area contributed by atoms with Gasteiger partial charge in [-0.25, -0.2) is 31.5 Å². The molecule has 0 aliphatic carbocycles. The average molecular weight is 621 g/mol. The minimum atomic E-state index is -4.28. The predicted octanol–water partition coefficient (Wildman–Crippen LogP) is 3.65. The molecule has 1 aromatic heterocycles. The van der Waals surface area contributed by atoms with Crippen LogP contribution in [0.25, 0.3) is 0 Å². The number of aromatic nitrogens is 3. The van der Waals surface area contributed by atoms with E-state index in [0.717, 1.165) is 40.9 Å². The van der Waals surface area contributed by atoms with Gasteiger partial charge in [0.2, 0.25) is 15.8 Å². The number of nitrogens with one attached hydrogen (secondary N) is 1. The topological polar surface area (TPSA) is 162 Å². The van der Waals surface area contributed by atoms with Crippen molar-refractivity contribution in [3.05, 3.63) is 34.9 Å². The largest absolute Gasteiger partial charge is 0.748 e. The van der Waals surface area contributed by atoms with Crippen LogP contribution in [0.1, 0.15) is 95.9 Å². The highest BCUT2D eigenvalue weighted by atomic mass is 32.2. The second kappa shape index (κ2) is 11.1. The normalized spacial score (nSPS) is 20.4. The summed E-state index contributed by atoms with van der Waals surface area (Å²) in [7, 11) is -7.63. The van der Waals surface area contributed by atoms with Gasteiger partial charge in [0, 0.05) is 41.4 Å². The molecule has 42 heavy (non-hydrogen) atoms. The zero-order valence-corrected chi connectivity index (χ0v) is 27.5. The van der Waals surface area contributed by atoms with E-state index in [1.54, 1.807) is 0 Å². The molecule has 12 nitrogen and oxygen atoms in total. The predicted molar refractivity (Wildman–Crippen MR) is 165 cm³/mol. The molecule has 0 fully saturated rings. The van der Waals surface area contributed by atoms with Gasteiger partial charge in [-0.3, -0.25) is 0 Å². The average Bonchev–Trinajstić information content (AvgIpc) is 3.38. The molecule has 0 amide bonds. The second-order valence-corrected chi connectivity index (χ2v) is 16.6. The molecule has 0 radical (unpaired) electrons. The zero-order chi connectivity index (χ0) is 31.4. The maximum Gasteiger partial charge on any atom is 0.208 e. The van der Waals surface area contributed by atoms with Crippen molar-refractivity contribution in [2.45, 2.75) is 85.6 Å². The van der Waals surface area contributed by atoms with E-state index in [0.29, 0.717) is 23.9 Å². The summed E-state index contributed by atoms with van der Waals surface area (Å²) in [5.74, 6) is 0.541. The number of sulfonamides is 1. The van der Waals surface area contributed by atoms with Crippen molar-refractivity contribution in [1.29, 1.82) is 0 Å². The molecule has 0 saturated heterocycles. The third-order valence-corrected chi connectivity index (χ3v) is 9.23. The minimum Gasteiger partial charge on any atom is -0.748 e. The summed E-state index contributed by atoms with van der Waals surface area (Å²) in [5, 5.41) is 9.29. The Balaban J connectivity index is 1.75. The van der Waals surface area contributed by atoms with E-state index in [4.69, 9.17) is 15.1 Å². The quantitative estimate of drug-likeness (QED) is 0.416. The summed E-state index contributed by atoms with van der Waals surface area (Å²) in [4.78, 5) is 13.5. The van der Waals surface area contributed by atoms with Crippen LogP contribution >= 0.6 is 0 Å². The fraction of sp³-hybridized carbons (Fsp3) is 0.643. The Morgan fingerprint density at radius 3 is 2.48 bits per heavy atom. The van der Waals surface area contributed by atoms with Crippen LogP contribution in [0.5, 0.6) is 0 Å². The van der Waals surface area contributed by atoms with Crippen molar-refractivity contribution in [1.82, 2.24) is 19.6 Å². The fourth-order valence-electron chi connectivity index (χ4n) is 5.65. The van der Waals surface area contributed by atoms with Crippen LogP contribution in [0.4, 0.5) is 11.4 Å².